The first kappa shape index (κ1) is 14.1. The highest BCUT2D eigenvalue weighted by Crippen LogP contribution is 2.40. The Morgan fingerprint density at radius 3 is 2.71 bits per heavy atom. The molecule has 4 unspecified atom stereocenters. The summed E-state index contributed by atoms with van der Waals surface area (Å²) >= 11 is 0. The molecule has 4 nitrogen and oxygen atoms in total. The topological polar surface area (TPSA) is 49.8 Å². The second kappa shape index (κ2) is 5.53. The summed E-state index contributed by atoms with van der Waals surface area (Å²) in [7, 11) is 2.03. The lowest BCUT2D eigenvalue weighted by molar-refractivity contribution is -0.151. The number of ether oxygens (including phenoxy) is 1. The number of carboxylic acid groups (broad SMARTS) is 1. The monoisotopic (exact) mass is 287 g/mol. The first-order chi connectivity index (χ1) is 10.1. The predicted octanol–water partition coefficient (Wildman–Crippen LogP) is 2.61. The van der Waals surface area contributed by atoms with Gasteiger partial charge in [-0.1, -0.05) is 36.9 Å². The van der Waals surface area contributed by atoms with Crippen LogP contribution in [0.1, 0.15) is 24.8 Å². The summed E-state index contributed by atoms with van der Waals surface area (Å²) in [6, 6.07) is 10.2. The van der Waals surface area contributed by atoms with Crippen LogP contribution in [0.3, 0.4) is 0 Å². The molecule has 2 bridgehead atoms. The Balaban J connectivity index is 1.78. The van der Waals surface area contributed by atoms with E-state index < -0.39 is 11.9 Å². The van der Waals surface area contributed by atoms with Gasteiger partial charge in [-0.15, -0.1) is 0 Å². The van der Waals surface area contributed by atoms with Crippen LogP contribution >= 0.6 is 0 Å². The fourth-order valence-electron chi connectivity index (χ4n) is 3.74. The smallest absolute Gasteiger partial charge is 0.311 e. The Morgan fingerprint density at radius 2 is 2.05 bits per heavy atom. The molecule has 2 aliphatic heterocycles. The van der Waals surface area contributed by atoms with Gasteiger partial charge in [-0.05, 0) is 19.9 Å². The molecule has 112 valence electrons. The van der Waals surface area contributed by atoms with Gasteiger partial charge in [0.05, 0.1) is 0 Å². The van der Waals surface area contributed by atoms with E-state index in [0.717, 1.165) is 24.8 Å². The molecule has 0 radical (unpaired) electrons. The van der Waals surface area contributed by atoms with Gasteiger partial charge >= 0.3 is 5.97 Å². The molecule has 3 rings (SSSR count). The zero-order valence-corrected chi connectivity index (χ0v) is 12.2. The molecule has 1 N–H and O–H groups in total. The van der Waals surface area contributed by atoms with E-state index in [9.17, 15) is 9.90 Å². The molecule has 2 fully saturated rings. The lowest BCUT2D eigenvalue weighted by atomic mass is 9.87. The van der Waals surface area contributed by atoms with Crippen molar-refractivity contribution in [3.05, 3.63) is 42.5 Å². The largest absolute Gasteiger partial charge is 0.489 e. The summed E-state index contributed by atoms with van der Waals surface area (Å²) in [4.78, 5) is 13.9. The number of carbonyl (C=O) groups is 1. The Kier molecular flexibility index (Phi) is 3.72. The minimum Gasteiger partial charge on any atom is -0.489 e. The first-order valence-corrected chi connectivity index (χ1v) is 7.43. The maximum atomic E-state index is 11.7. The van der Waals surface area contributed by atoms with E-state index in [0.29, 0.717) is 11.8 Å². The molecule has 0 aliphatic carbocycles. The van der Waals surface area contributed by atoms with Gasteiger partial charge in [-0.3, -0.25) is 9.69 Å². The van der Waals surface area contributed by atoms with E-state index in [1.165, 1.54) is 0 Å². The van der Waals surface area contributed by atoms with Gasteiger partial charge < -0.3 is 9.84 Å². The number of nitrogens with zero attached hydrogens (tertiary/aromatic N) is 1. The molecule has 1 aromatic rings. The predicted molar refractivity (Wildman–Crippen MR) is 80.7 cm³/mol. The second-order valence-electron chi connectivity index (χ2n) is 6.01. The van der Waals surface area contributed by atoms with Gasteiger partial charge in [0.15, 0.2) is 0 Å². The molecule has 0 spiro atoms. The molecular weight excluding hydrogens is 266 g/mol. The Morgan fingerprint density at radius 1 is 1.33 bits per heavy atom. The van der Waals surface area contributed by atoms with Crippen LogP contribution in [-0.4, -0.2) is 41.2 Å². The van der Waals surface area contributed by atoms with Gasteiger partial charge in [0.1, 0.15) is 17.8 Å². The molecule has 21 heavy (non-hydrogen) atoms. The zero-order valence-electron chi connectivity index (χ0n) is 12.2. The fraction of sp³-hybridized carbons (Fsp3) is 0.471. The third-order valence-electron chi connectivity index (χ3n) is 4.89. The molecular formula is C17H21NO3. The van der Waals surface area contributed by atoms with Crippen LogP contribution in [0.25, 0.3) is 5.76 Å². The van der Waals surface area contributed by atoms with Crippen molar-refractivity contribution >= 4 is 11.7 Å². The van der Waals surface area contributed by atoms with Crippen molar-refractivity contribution in [1.29, 1.82) is 0 Å². The van der Waals surface area contributed by atoms with Gasteiger partial charge in [0.25, 0.3) is 0 Å². The molecule has 0 amide bonds. The minimum atomic E-state index is -0.766. The van der Waals surface area contributed by atoms with Gasteiger partial charge in [-0.25, -0.2) is 0 Å². The quantitative estimate of drug-likeness (QED) is 0.865. The van der Waals surface area contributed by atoms with Crippen molar-refractivity contribution < 1.29 is 14.6 Å². The molecule has 2 aliphatic rings. The Labute approximate surface area is 125 Å². The number of hydrogen-bond donors (Lipinski definition) is 1. The molecule has 4 heteroatoms. The maximum absolute atomic E-state index is 11.7. The van der Waals surface area contributed by atoms with Crippen molar-refractivity contribution in [2.75, 3.05) is 7.05 Å². The number of carboxylic acids is 1. The van der Waals surface area contributed by atoms with Crippen molar-refractivity contribution in [2.24, 2.45) is 5.92 Å². The third-order valence-corrected chi connectivity index (χ3v) is 4.89. The first-order valence-electron chi connectivity index (χ1n) is 7.43. The molecule has 0 aromatic heterocycles. The SMILES string of the molecule is C=C(OC1CC2CCC(C1C(=O)O)N2C)c1ccccc1. The van der Waals surface area contributed by atoms with Crippen molar-refractivity contribution in [3.63, 3.8) is 0 Å². The average molecular weight is 287 g/mol. The summed E-state index contributed by atoms with van der Waals surface area (Å²) < 4.78 is 5.98. The van der Waals surface area contributed by atoms with Crippen LogP contribution in [0, 0.1) is 5.92 Å². The molecule has 1 aromatic carbocycles. The number of hydrogen-bond acceptors (Lipinski definition) is 3. The maximum Gasteiger partial charge on any atom is 0.311 e. The van der Waals surface area contributed by atoms with Crippen molar-refractivity contribution in [2.45, 2.75) is 37.5 Å². The highest BCUT2D eigenvalue weighted by Gasteiger charge is 2.50. The fourth-order valence-corrected chi connectivity index (χ4v) is 3.74. The summed E-state index contributed by atoms with van der Waals surface area (Å²) in [5.41, 5.74) is 0.910. The van der Waals surface area contributed by atoms with Crippen LogP contribution < -0.4 is 0 Å². The van der Waals surface area contributed by atoms with Crippen molar-refractivity contribution in [3.8, 4) is 0 Å². The summed E-state index contributed by atoms with van der Waals surface area (Å²) in [6.07, 6.45) is 2.47. The number of fused-ring (bicyclic) bond motifs is 2. The van der Waals surface area contributed by atoms with E-state index in [1.807, 2.05) is 37.4 Å². The molecule has 0 saturated carbocycles. The lowest BCUT2D eigenvalue weighted by Gasteiger charge is -2.40. The second-order valence-corrected chi connectivity index (χ2v) is 6.01. The zero-order chi connectivity index (χ0) is 15.0. The number of aliphatic carboxylic acids is 1. The molecule has 4 atom stereocenters. The highest BCUT2D eigenvalue weighted by atomic mass is 16.5. The Bertz CT molecular complexity index is 542. The van der Waals surface area contributed by atoms with Crippen LogP contribution in [0.2, 0.25) is 0 Å². The van der Waals surface area contributed by atoms with Gasteiger partial charge in [-0.2, -0.15) is 0 Å². The summed E-state index contributed by atoms with van der Waals surface area (Å²) in [5.74, 6) is -0.678. The highest BCUT2D eigenvalue weighted by molar-refractivity contribution is 5.72. The number of rotatable bonds is 4. The van der Waals surface area contributed by atoms with Crippen molar-refractivity contribution in [1.82, 2.24) is 4.90 Å². The van der Waals surface area contributed by atoms with E-state index in [4.69, 9.17) is 4.74 Å². The van der Waals surface area contributed by atoms with Gasteiger partial charge in [0.2, 0.25) is 0 Å². The number of piperidine rings is 1. The lowest BCUT2D eigenvalue weighted by Crippen LogP contribution is -2.52. The Hall–Kier alpha value is -1.81. The van der Waals surface area contributed by atoms with E-state index in [1.54, 1.807) is 0 Å². The normalized spacial score (nSPS) is 31.9. The number of benzene rings is 1. The van der Waals surface area contributed by atoms with Crippen LogP contribution in [0.5, 0.6) is 0 Å². The molecule has 2 heterocycles. The third kappa shape index (κ3) is 2.56. The van der Waals surface area contributed by atoms with Crippen LogP contribution in [0.4, 0.5) is 0 Å². The molecule has 2 saturated heterocycles. The van der Waals surface area contributed by atoms with E-state index in [-0.39, 0.29) is 12.1 Å². The van der Waals surface area contributed by atoms with Crippen LogP contribution in [0.15, 0.2) is 36.9 Å². The summed E-state index contributed by atoms with van der Waals surface area (Å²) in [5, 5.41) is 9.59. The minimum absolute atomic E-state index is 0.0785. The van der Waals surface area contributed by atoms with Crippen LogP contribution in [-0.2, 0) is 9.53 Å². The standard InChI is InChI=1S/C17H21NO3/c1-11(12-6-4-3-5-7-12)21-15-10-13-8-9-14(18(13)2)16(15)17(19)20/h3-7,13-16H,1,8-10H2,2H3,(H,19,20). The van der Waals surface area contributed by atoms with E-state index >= 15 is 0 Å². The average Bonchev–Trinajstić information content (AvgIpc) is 2.72. The van der Waals surface area contributed by atoms with Gasteiger partial charge in [0, 0.05) is 24.1 Å². The summed E-state index contributed by atoms with van der Waals surface area (Å²) in [6.45, 7) is 3.97. The van der Waals surface area contributed by atoms with E-state index in [2.05, 4.69) is 11.5 Å².